The summed E-state index contributed by atoms with van der Waals surface area (Å²) in [5, 5.41) is 0. The van der Waals surface area contributed by atoms with Gasteiger partial charge in [-0.15, -0.1) is 0 Å². The molecule has 0 amide bonds. The highest BCUT2D eigenvalue weighted by Crippen LogP contribution is 2.30. The molecule has 0 aromatic heterocycles. The molecule has 58 valence electrons. The Morgan fingerprint density at radius 3 is 2.80 bits per heavy atom. The lowest BCUT2D eigenvalue weighted by Crippen LogP contribution is -2.38. The second-order valence-electron chi connectivity index (χ2n) is 3.81. The Bertz CT molecular complexity index is 120. The van der Waals surface area contributed by atoms with Crippen molar-refractivity contribution in [2.75, 3.05) is 6.54 Å². The minimum absolute atomic E-state index is 0.894. The van der Waals surface area contributed by atoms with Gasteiger partial charge in [0, 0.05) is 12.1 Å². The first kappa shape index (κ1) is 6.66. The summed E-state index contributed by atoms with van der Waals surface area (Å²) in [7, 11) is 0. The van der Waals surface area contributed by atoms with E-state index in [1.165, 1.54) is 38.6 Å². The van der Waals surface area contributed by atoms with Gasteiger partial charge in [-0.1, -0.05) is 6.42 Å². The molecule has 0 spiro atoms. The van der Waals surface area contributed by atoms with Crippen molar-refractivity contribution in [2.24, 2.45) is 0 Å². The molecule has 0 radical (unpaired) electrons. The monoisotopic (exact) mass is 139 g/mol. The summed E-state index contributed by atoms with van der Waals surface area (Å²) in [6.07, 6.45) is 7.32. The van der Waals surface area contributed by atoms with Gasteiger partial charge in [0.15, 0.2) is 0 Å². The molecule has 2 rings (SSSR count). The number of piperidine rings is 1. The first-order valence-corrected chi connectivity index (χ1v) is 4.63. The lowest BCUT2D eigenvalue weighted by atomic mass is 10.0. The average molecular weight is 139 g/mol. The van der Waals surface area contributed by atoms with E-state index in [0.29, 0.717) is 0 Å². The molecule has 0 N–H and O–H groups in total. The summed E-state index contributed by atoms with van der Waals surface area (Å²) in [6.45, 7) is 3.76. The van der Waals surface area contributed by atoms with Crippen LogP contribution < -0.4 is 0 Å². The molecule has 2 heterocycles. The third-order valence-corrected chi connectivity index (χ3v) is 3.16. The van der Waals surface area contributed by atoms with Crippen LogP contribution in [-0.4, -0.2) is 23.5 Å². The Hall–Kier alpha value is -0.0400. The smallest absolute Gasteiger partial charge is 0.00986 e. The highest BCUT2D eigenvalue weighted by molar-refractivity contribution is 4.87. The second-order valence-corrected chi connectivity index (χ2v) is 3.81. The Morgan fingerprint density at radius 2 is 2.00 bits per heavy atom. The first-order chi connectivity index (χ1) is 4.88. The van der Waals surface area contributed by atoms with Gasteiger partial charge in [-0.3, -0.25) is 4.90 Å². The van der Waals surface area contributed by atoms with Gasteiger partial charge in [-0.2, -0.15) is 0 Å². The predicted octanol–water partition coefficient (Wildman–Crippen LogP) is 2.02. The van der Waals surface area contributed by atoms with E-state index < -0.39 is 0 Å². The summed E-state index contributed by atoms with van der Waals surface area (Å²) >= 11 is 0. The van der Waals surface area contributed by atoms with Crippen molar-refractivity contribution in [2.45, 2.75) is 51.1 Å². The van der Waals surface area contributed by atoms with E-state index in [1.54, 1.807) is 0 Å². The van der Waals surface area contributed by atoms with Crippen LogP contribution in [0.25, 0.3) is 0 Å². The highest BCUT2D eigenvalue weighted by Gasteiger charge is 2.31. The van der Waals surface area contributed by atoms with Crippen molar-refractivity contribution in [1.29, 1.82) is 0 Å². The quantitative estimate of drug-likeness (QED) is 0.496. The van der Waals surface area contributed by atoms with Gasteiger partial charge in [-0.25, -0.2) is 0 Å². The zero-order chi connectivity index (χ0) is 6.97. The minimum Gasteiger partial charge on any atom is -0.298 e. The van der Waals surface area contributed by atoms with Crippen molar-refractivity contribution in [3.63, 3.8) is 0 Å². The zero-order valence-corrected chi connectivity index (χ0v) is 6.84. The van der Waals surface area contributed by atoms with Crippen molar-refractivity contribution < 1.29 is 0 Å². The fourth-order valence-electron chi connectivity index (χ4n) is 2.51. The Labute approximate surface area is 63.4 Å². The number of fused-ring (bicyclic) bond motifs is 1. The van der Waals surface area contributed by atoms with E-state index in [9.17, 15) is 0 Å². The largest absolute Gasteiger partial charge is 0.298 e. The van der Waals surface area contributed by atoms with Crippen LogP contribution in [0.1, 0.15) is 39.0 Å². The SMILES string of the molecule is CC1CCC2CCCCN12. The van der Waals surface area contributed by atoms with Crippen LogP contribution in [0.5, 0.6) is 0 Å². The number of hydrogen-bond acceptors (Lipinski definition) is 1. The molecule has 10 heavy (non-hydrogen) atoms. The molecule has 0 aliphatic carbocycles. The van der Waals surface area contributed by atoms with Gasteiger partial charge < -0.3 is 0 Å². The van der Waals surface area contributed by atoms with Gasteiger partial charge in [0.1, 0.15) is 0 Å². The van der Waals surface area contributed by atoms with E-state index in [4.69, 9.17) is 0 Å². The van der Waals surface area contributed by atoms with E-state index in [0.717, 1.165) is 12.1 Å². The van der Waals surface area contributed by atoms with E-state index in [1.807, 2.05) is 0 Å². The highest BCUT2D eigenvalue weighted by atomic mass is 15.2. The minimum atomic E-state index is 0.894. The maximum Gasteiger partial charge on any atom is 0.00986 e. The van der Waals surface area contributed by atoms with Crippen LogP contribution in [0.3, 0.4) is 0 Å². The van der Waals surface area contributed by atoms with Crippen molar-refractivity contribution in [3.05, 3.63) is 0 Å². The maximum atomic E-state index is 2.71. The number of rotatable bonds is 0. The molecule has 1 heteroatoms. The average Bonchev–Trinajstić information content (AvgIpc) is 2.34. The molecule has 0 aromatic rings. The lowest BCUT2D eigenvalue weighted by molar-refractivity contribution is 0.158. The molecule has 2 fully saturated rings. The standard InChI is InChI=1S/C9H17N/c1-8-5-6-9-4-2-3-7-10(8)9/h8-9H,2-7H2,1H3. The topological polar surface area (TPSA) is 3.24 Å². The third kappa shape index (κ3) is 0.968. The summed E-state index contributed by atoms with van der Waals surface area (Å²) in [4.78, 5) is 2.71. The fraction of sp³-hybridized carbons (Fsp3) is 1.00. The van der Waals surface area contributed by atoms with Crippen LogP contribution in [0.15, 0.2) is 0 Å². The van der Waals surface area contributed by atoms with Gasteiger partial charge in [-0.05, 0) is 39.2 Å². The molecule has 2 aliphatic heterocycles. The molecule has 0 bridgehead atoms. The molecule has 2 unspecified atom stereocenters. The molecular weight excluding hydrogens is 122 g/mol. The van der Waals surface area contributed by atoms with Crippen molar-refractivity contribution in [1.82, 2.24) is 4.90 Å². The Balaban J connectivity index is 2.01. The van der Waals surface area contributed by atoms with Gasteiger partial charge in [0.2, 0.25) is 0 Å². The number of hydrogen-bond donors (Lipinski definition) is 0. The van der Waals surface area contributed by atoms with Crippen molar-refractivity contribution in [3.8, 4) is 0 Å². The molecule has 2 saturated heterocycles. The molecule has 0 aromatic carbocycles. The molecule has 2 aliphatic rings. The van der Waals surface area contributed by atoms with E-state index >= 15 is 0 Å². The van der Waals surface area contributed by atoms with Crippen LogP contribution in [0, 0.1) is 0 Å². The van der Waals surface area contributed by atoms with E-state index in [2.05, 4.69) is 11.8 Å². The Kier molecular flexibility index (Phi) is 1.69. The molecule has 1 nitrogen and oxygen atoms in total. The van der Waals surface area contributed by atoms with Crippen molar-refractivity contribution >= 4 is 0 Å². The van der Waals surface area contributed by atoms with Gasteiger partial charge >= 0.3 is 0 Å². The lowest BCUT2D eigenvalue weighted by Gasteiger charge is -2.32. The normalized spacial score (nSPS) is 41.7. The summed E-state index contributed by atoms with van der Waals surface area (Å²) in [5.41, 5.74) is 0. The Morgan fingerprint density at radius 1 is 1.10 bits per heavy atom. The van der Waals surface area contributed by atoms with Crippen LogP contribution in [-0.2, 0) is 0 Å². The summed E-state index contributed by atoms with van der Waals surface area (Å²) in [6, 6.07) is 1.87. The molecular formula is C9H17N. The predicted molar refractivity (Wildman–Crippen MR) is 43.0 cm³/mol. The van der Waals surface area contributed by atoms with Gasteiger partial charge in [0.05, 0.1) is 0 Å². The summed E-state index contributed by atoms with van der Waals surface area (Å²) in [5.74, 6) is 0. The first-order valence-electron chi connectivity index (χ1n) is 4.63. The fourth-order valence-corrected chi connectivity index (χ4v) is 2.51. The van der Waals surface area contributed by atoms with Crippen LogP contribution in [0.2, 0.25) is 0 Å². The maximum absolute atomic E-state index is 2.71. The van der Waals surface area contributed by atoms with Crippen LogP contribution in [0.4, 0.5) is 0 Å². The van der Waals surface area contributed by atoms with Gasteiger partial charge in [0.25, 0.3) is 0 Å². The summed E-state index contributed by atoms with van der Waals surface area (Å²) < 4.78 is 0. The zero-order valence-electron chi connectivity index (χ0n) is 6.84. The number of nitrogens with zero attached hydrogens (tertiary/aromatic N) is 1. The second kappa shape index (κ2) is 2.54. The molecule has 2 atom stereocenters. The third-order valence-electron chi connectivity index (χ3n) is 3.16. The van der Waals surface area contributed by atoms with E-state index in [-0.39, 0.29) is 0 Å². The van der Waals surface area contributed by atoms with Crippen LogP contribution >= 0.6 is 0 Å². The molecule has 0 saturated carbocycles.